The van der Waals surface area contributed by atoms with Gasteiger partial charge in [-0.15, -0.1) is 0 Å². The molecule has 0 atom stereocenters. The number of hydrogen-bond acceptors (Lipinski definition) is 2. The Kier molecular flexibility index (Phi) is 3.19. The molecule has 3 heteroatoms. The number of phenols is 1. The van der Waals surface area contributed by atoms with Crippen LogP contribution in [0.4, 0.5) is 0 Å². The summed E-state index contributed by atoms with van der Waals surface area (Å²) >= 11 is 0. The molecular formula is C20H26N2O. The molecule has 6 rings (SSSR count). The van der Waals surface area contributed by atoms with Gasteiger partial charge in [0.05, 0.1) is 0 Å². The molecule has 0 amide bonds. The molecule has 4 saturated carbocycles. The first-order chi connectivity index (χ1) is 11.3. The third-order valence-electron chi connectivity index (χ3n) is 6.75. The molecule has 0 aliphatic heterocycles. The molecule has 4 bridgehead atoms. The molecule has 122 valence electrons. The standard InChI is InChI=1S/C20H26N2O/c23-17-1-2-19-18(10-17)14(11-22-19)3-4-21-20-15-6-12-5-13(8-15)9-16(20)7-12/h1-2,10-13,15-16,20-23H,3-9H2. The largest absolute Gasteiger partial charge is 0.508 e. The molecule has 4 fully saturated rings. The van der Waals surface area contributed by atoms with Crippen LogP contribution in [0.5, 0.6) is 5.75 Å². The molecular weight excluding hydrogens is 284 g/mol. The Morgan fingerprint density at radius 1 is 1.04 bits per heavy atom. The van der Waals surface area contributed by atoms with Crippen LogP contribution in [0, 0.1) is 23.7 Å². The lowest BCUT2D eigenvalue weighted by Gasteiger charge is -2.54. The average Bonchev–Trinajstić information content (AvgIpc) is 2.91. The van der Waals surface area contributed by atoms with E-state index in [0.717, 1.165) is 53.6 Å². The number of nitrogens with one attached hydrogen (secondary N) is 2. The van der Waals surface area contributed by atoms with Crippen molar-refractivity contribution in [2.45, 2.75) is 44.6 Å². The SMILES string of the molecule is Oc1ccc2[nH]cc(CCNC3C4CC5CC(C4)CC3C5)c2c1. The van der Waals surface area contributed by atoms with Crippen LogP contribution in [0.15, 0.2) is 24.4 Å². The van der Waals surface area contributed by atoms with E-state index in [0.29, 0.717) is 5.75 Å². The fraction of sp³-hybridized carbons (Fsp3) is 0.600. The van der Waals surface area contributed by atoms with E-state index in [-0.39, 0.29) is 0 Å². The number of aromatic amines is 1. The molecule has 0 saturated heterocycles. The number of H-pyrrole nitrogens is 1. The van der Waals surface area contributed by atoms with Crippen molar-refractivity contribution in [2.75, 3.05) is 6.54 Å². The van der Waals surface area contributed by atoms with Gasteiger partial charge in [0.15, 0.2) is 0 Å². The van der Waals surface area contributed by atoms with Crippen molar-refractivity contribution < 1.29 is 5.11 Å². The number of aromatic nitrogens is 1. The number of aromatic hydroxyl groups is 1. The Labute approximate surface area is 137 Å². The van der Waals surface area contributed by atoms with Gasteiger partial charge < -0.3 is 15.4 Å². The lowest BCUT2D eigenvalue weighted by atomic mass is 9.54. The zero-order valence-electron chi connectivity index (χ0n) is 13.6. The van der Waals surface area contributed by atoms with E-state index in [1.807, 2.05) is 12.1 Å². The molecule has 3 nitrogen and oxygen atoms in total. The van der Waals surface area contributed by atoms with E-state index >= 15 is 0 Å². The summed E-state index contributed by atoms with van der Waals surface area (Å²) in [4.78, 5) is 3.32. The van der Waals surface area contributed by atoms with Crippen molar-refractivity contribution in [3.8, 4) is 5.75 Å². The van der Waals surface area contributed by atoms with Gasteiger partial charge in [0.1, 0.15) is 5.75 Å². The molecule has 4 aliphatic carbocycles. The molecule has 3 N–H and O–H groups in total. The van der Waals surface area contributed by atoms with Crippen LogP contribution in [-0.2, 0) is 6.42 Å². The van der Waals surface area contributed by atoms with Crippen LogP contribution in [0.2, 0.25) is 0 Å². The number of rotatable bonds is 4. The number of phenolic OH excluding ortho intramolecular Hbond substituents is 1. The second-order valence-electron chi connectivity index (χ2n) is 8.20. The van der Waals surface area contributed by atoms with Gasteiger partial charge in [-0.05, 0) is 92.5 Å². The minimum Gasteiger partial charge on any atom is -0.508 e. The highest BCUT2D eigenvalue weighted by atomic mass is 16.3. The Bertz CT molecular complexity index is 692. The lowest BCUT2D eigenvalue weighted by Crippen LogP contribution is -2.54. The quantitative estimate of drug-likeness (QED) is 0.804. The highest BCUT2D eigenvalue weighted by molar-refractivity contribution is 5.84. The maximum Gasteiger partial charge on any atom is 0.116 e. The molecule has 0 radical (unpaired) electrons. The molecule has 23 heavy (non-hydrogen) atoms. The van der Waals surface area contributed by atoms with E-state index in [9.17, 15) is 5.11 Å². The van der Waals surface area contributed by atoms with Crippen LogP contribution in [-0.4, -0.2) is 22.7 Å². The monoisotopic (exact) mass is 310 g/mol. The third kappa shape index (κ3) is 2.37. The van der Waals surface area contributed by atoms with Crippen molar-refractivity contribution in [1.29, 1.82) is 0 Å². The summed E-state index contributed by atoms with van der Waals surface area (Å²) < 4.78 is 0. The predicted molar refractivity (Wildman–Crippen MR) is 92.5 cm³/mol. The maximum atomic E-state index is 9.71. The maximum absolute atomic E-state index is 9.71. The summed E-state index contributed by atoms with van der Waals surface area (Å²) in [6.07, 6.45) is 10.6. The molecule has 0 unspecified atom stereocenters. The van der Waals surface area contributed by atoms with Crippen molar-refractivity contribution in [3.63, 3.8) is 0 Å². The van der Waals surface area contributed by atoms with Crippen LogP contribution in [0.1, 0.15) is 37.7 Å². The normalized spacial score (nSPS) is 35.2. The summed E-state index contributed by atoms with van der Waals surface area (Å²) in [5.41, 5.74) is 2.43. The number of fused-ring (bicyclic) bond motifs is 1. The van der Waals surface area contributed by atoms with Gasteiger partial charge in [0.25, 0.3) is 0 Å². The fourth-order valence-corrected chi connectivity index (χ4v) is 6.01. The summed E-state index contributed by atoms with van der Waals surface area (Å²) in [7, 11) is 0. The second-order valence-corrected chi connectivity index (χ2v) is 8.20. The van der Waals surface area contributed by atoms with E-state index in [1.165, 1.54) is 37.7 Å². The first-order valence-corrected chi connectivity index (χ1v) is 9.28. The third-order valence-corrected chi connectivity index (χ3v) is 6.75. The Hall–Kier alpha value is -1.48. The topological polar surface area (TPSA) is 48.0 Å². The Balaban J connectivity index is 1.25. The highest BCUT2D eigenvalue weighted by Gasteiger charge is 2.47. The molecule has 2 aromatic rings. The van der Waals surface area contributed by atoms with Gasteiger partial charge in [-0.3, -0.25) is 0 Å². The summed E-state index contributed by atoms with van der Waals surface area (Å²) in [6, 6.07) is 6.35. The first kappa shape index (κ1) is 13.9. The zero-order valence-corrected chi connectivity index (χ0v) is 13.6. The summed E-state index contributed by atoms with van der Waals surface area (Å²) in [5, 5.41) is 14.8. The molecule has 1 heterocycles. The summed E-state index contributed by atoms with van der Waals surface area (Å²) in [6.45, 7) is 1.05. The first-order valence-electron chi connectivity index (χ1n) is 9.28. The van der Waals surface area contributed by atoms with Gasteiger partial charge in [-0.25, -0.2) is 0 Å². The zero-order chi connectivity index (χ0) is 15.4. The van der Waals surface area contributed by atoms with E-state index in [2.05, 4.69) is 16.5 Å². The fourth-order valence-electron chi connectivity index (χ4n) is 6.01. The molecule has 1 aromatic carbocycles. The smallest absolute Gasteiger partial charge is 0.116 e. The predicted octanol–water partition coefficient (Wildman–Crippen LogP) is 3.83. The Morgan fingerprint density at radius 2 is 1.78 bits per heavy atom. The van der Waals surface area contributed by atoms with Gasteiger partial charge >= 0.3 is 0 Å². The lowest BCUT2D eigenvalue weighted by molar-refractivity contribution is -0.0133. The number of hydrogen-bond donors (Lipinski definition) is 3. The van der Waals surface area contributed by atoms with Crippen molar-refractivity contribution >= 4 is 10.9 Å². The summed E-state index contributed by atoms with van der Waals surface area (Å²) in [5.74, 6) is 4.34. The van der Waals surface area contributed by atoms with Gasteiger partial charge in [0, 0.05) is 23.1 Å². The van der Waals surface area contributed by atoms with Crippen LogP contribution in [0.3, 0.4) is 0 Å². The molecule has 4 aliphatic rings. The van der Waals surface area contributed by atoms with Crippen LogP contribution in [0.25, 0.3) is 10.9 Å². The van der Waals surface area contributed by atoms with Gasteiger partial charge in [0.2, 0.25) is 0 Å². The van der Waals surface area contributed by atoms with Crippen molar-refractivity contribution in [2.24, 2.45) is 23.7 Å². The van der Waals surface area contributed by atoms with Crippen LogP contribution >= 0.6 is 0 Å². The van der Waals surface area contributed by atoms with Gasteiger partial charge in [-0.1, -0.05) is 0 Å². The molecule has 1 aromatic heterocycles. The average molecular weight is 310 g/mol. The molecule has 0 spiro atoms. The minimum atomic E-state index is 0.354. The van der Waals surface area contributed by atoms with E-state index in [4.69, 9.17) is 0 Å². The van der Waals surface area contributed by atoms with Crippen molar-refractivity contribution in [3.05, 3.63) is 30.0 Å². The number of benzene rings is 1. The Morgan fingerprint density at radius 3 is 2.52 bits per heavy atom. The van der Waals surface area contributed by atoms with E-state index < -0.39 is 0 Å². The highest BCUT2D eigenvalue weighted by Crippen LogP contribution is 2.53. The van der Waals surface area contributed by atoms with E-state index in [1.54, 1.807) is 6.07 Å². The van der Waals surface area contributed by atoms with Gasteiger partial charge in [-0.2, -0.15) is 0 Å². The second kappa shape index (κ2) is 5.27. The van der Waals surface area contributed by atoms with Crippen LogP contribution < -0.4 is 5.32 Å². The van der Waals surface area contributed by atoms with Crippen molar-refractivity contribution in [1.82, 2.24) is 10.3 Å². The minimum absolute atomic E-state index is 0.354.